The summed E-state index contributed by atoms with van der Waals surface area (Å²) in [5.74, 6) is -0.890. The van der Waals surface area contributed by atoms with Crippen molar-refractivity contribution in [3.05, 3.63) is 52.7 Å². The Morgan fingerprint density at radius 3 is 2.61 bits per heavy atom. The number of carboxylic acid groups (broad SMARTS) is 1. The van der Waals surface area contributed by atoms with E-state index in [4.69, 9.17) is 5.11 Å². The molecule has 18 heavy (non-hydrogen) atoms. The summed E-state index contributed by atoms with van der Waals surface area (Å²) in [6.45, 7) is 0. The minimum atomic E-state index is -0.890. The first-order valence-electron chi connectivity index (χ1n) is 5.38. The number of pyridine rings is 1. The molecule has 0 fully saturated rings. The number of nitrogens with zero attached hydrogens (tertiary/aromatic N) is 3. The quantitative estimate of drug-likeness (QED) is 0.854. The predicted octanol–water partition coefficient (Wildman–Crippen LogP) is 0.645. The van der Waals surface area contributed by atoms with Crippen LogP contribution in [0.5, 0.6) is 0 Å². The van der Waals surface area contributed by atoms with Crippen molar-refractivity contribution in [2.75, 3.05) is 0 Å². The Balaban J connectivity index is 2.33. The van der Waals surface area contributed by atoms with Gasteiger partial charge in [0.1, 0.15) is 0 Å². The highest BCUT2D eigenvalue weighted by Gasteiger charge is 2.05. The van der Waals surface area contributed by atoms with E-state index in [1.807, 2.05) is 0 Å². The van der Waals surface area contributed by atoms with Gasteiger partial charge in [0.25, 0.3) is 5.56 Å². The van der Waals surface area contributed by atoms with Gasteiger partial charge < -0.3 is 5.11 Å². The molecule has 0 saturated carbocycles. The Labute approximate surface area is 103 Å². The van der Waals surface area contributed by atoms with Crippen molar-refractivity contribution in [3.63, 3.8) is 0 Å². The van der Waals surface area contributed by atoms with Gasteiger partial charge in [-0.15, -0.1) is 0 Å². The molecule has 6 nitrogen and oxygen atoms in total. The summed E-state index contributed by atoms with van der Waals surface area (Å²) >= 11 is 0. The number of hydrogen-bond acceptors (Lipinski definition) is 4. The van der Waals surface area contributed by atoms with Crippen molar-refractivity contribution < 1.29 is 9.90 Å². The molecule has 0 amide bonds. The number of rotatable bonds is 4. The van der Waals surface area contributed by atoms with Gasteiger partial charge in [0.15, 0.2) is 0 Å². The van der Waals surface area contributed by atoms with Crippen molar-refractivity contribution in [2.45, 2.75) is 12.8 Å². The number of aryl methyl sites for hydroxylation is 1. The highest BCUT2D eigenvalue weighted by atomic mass is 16.4. The second-order valence-electron chi connectivity index (χ2n) is 3.67. The van der Waals surface area contributed by atoms with Crippen LogP contribution in [0, 0.1) is 0 Å². The fourth-order valence-corrected chi connectivity index (χ4v) is 1.49. The largest absolute Gasteiger partial charge is 0.481 e. The van der Waals surface area contributed by atoms with Crippen LogP contribution in [0.15, 0.2) is 41.5 Å². The van der Waals surface area contributed by atoms with E-state index in [0.717, 1.165) is 0 Å². The number of carboxylic acids is 1. The number of hydrogen-bond donors (Lipinski definition) is 1. The number of aromatic nitrogens is 3. The highest BCUT2D eigenvalue weighted by Crippen LogP contribution is 2.02. The molecule has 0 bridgehead atoms. The first kappa shape index (κ1) is 12.0. The average molecular weight is 245 g/mol. The molecular formula is C12H11N3O3. The molecule has 0 spiro atoms. The van der Waals surface area contributed by atoms with Crippen LogP contribution in [0.2, 0.25) is 0 Å². The molecule has 0 aromatic carbocycles. The fourth-order valence-electron chi connectivity index (χ4n) is 1.49. The smallest absolute Gasteiger partial charge is 0.303 e. The van der Waals surface area contributed by atoms with Gasteiger partial charge in [-0.1, -0.05) is 0 Å². The lowest BCUT2D eigenvalue weighted by molar-refractivity contribution is -0.136. The van der Waals surface area contributed by atoms with Gasteiger partial charge in [0.05, 0.1) is 17.8 Å². The van der Waals surface area contributed by atoms with E-state index in [9.17, 15) is 9.59 Å². The Bertz CT molecular complexity index is 607. The molecular weight excluding hydrogens is 234 g/mol. The van der Waals surface area contributed by atoms with Crippen LogP contribution >= 0.6 is 0 Å². The zero-order valence-corrected chi connectivity index (χ0v) is 9.48. The first-order chi connectivity index (χ1) is 8.66. The van der Waals surface area contributed by atoms with Crippen molar-refractivity contribution in [2.24, 2.45) is 0 Å². The normalized spacial score (nSPS) is 10.2. The monoisotopic (exact) mass is 245 g/mol. The van der Waals surface area contributed by atoms with E-state index in [-0.39, 0.29) is 12.0 Å². The predicted molar refractivity (Wildman–Crippen MR) is 63.6 cm³/mol. The summed E-state index contributed by atoms with van der Waals surface area (Å²) in [6.07, 6.45) is 3.41. The topological polar surface area (TPSA) is 85.1 Å². The van der Waals surface area contributed by atoms with Gasteiger partial charge >= 0.3 is 5.97 Å². The van der Waals surface area contributed by atoms with Crippen molar-refractivity contribution in [3.8, 4) is 5.69 Å². The minimum absolute atomic E-state index is 0.0124. The van der Waals surface area contributed by atoms with E-state index >= 15 is 0 Å². The maximum Gasteiger partial charge on any atom is 0.303 e. The molecule has 0 atom stereocenters. The number of carbonyl (C=O) groups is 1. The summed E-state index contributed by atoms with van der Waals surface area (Å²) in [4.78, 5) is 26.0. The van der Waals surface area contributed by atoms with Crippen molar-refractivity contribution in [1.29, 1.82) is 0 Å². The Kier molecular flexibility index (Phi) is 3.47. The molecule has 2 rings (SSSR count). The second-order valence-corrected chi connectivity index (χ2v) is 3.67. The van der Waals surface area contributed by atoms with E-state index in [2.05, 4.69) is 10.1 Å². The molecule has 2 aromatic heterocycles. The van der Waals surface area contributed by atoms with Gasteiger partial charge in [0.2, 0.25) is 0 Å². The Hall–Kier alpha value is -2.50. The molecule has 0 aliphatic heterocycles. The summed E-state index contributed by atoms with van der Waals surface area (Å²) in [5.41, 5.74) is 0.904. The molecule has 2 heterocycles. The lowest BCUT2D eigenvalue weighted by atomic mass is 10.2. The first-order valence-corrected chi connectivity index (χ1v) is 5.38. The zero-order chi connectivity index (χ0) is 13.0. The molecule has 1 N–H and O–H groups in total. The molecule has 0 aliphatic carbocycles. The van der Waals surface area contributed by atoms with Crippen LogP contribution in [0.3, 0.4) is 0 Å². The highest BCUT2D eigenvalue weighted by molar-refractivity contribution is 5.66. The molecule has 92 valence electrons. The van der Waals surface area contributed by atoms with Crippen LogP contribution in [-0.4, -0.2) is 25.8 Å². The average Bonchev–Trinajstić information content (AvgIpc) is 2.38. The summed E-state index contributed by atoms with van der Waals surface area (Å²) in [6, 6.07) is 6.25. The van der Waals surface area contributed by atoms with Crippen LogP contribution in [0.1, 0.15) is 12.1 Å². The third-order valence-corrected chi connectivity index (χ3v) is 2.36. The molecule has 2 aromatic rings. The third-order valence-electron chi connectivity index (χ3n) is 2.36. The van der Waals surface area contributed by atoms with E-state index in [1.54, 1.807) is 30.6 Å². The maximum absolute atomic E-state index is 11.7. The maximum atomic E-state index is 11.7. The zero-order valence-electron chi connectivity index (χ0n) is 9.48. The summed E-state index contributed by atoms with van der Waals surface area (Å²) in [7, 11) is 0. The molecule has 6 heteroatoms. The molecule has 0 unspecified atom stereocenters. The fraction of sp³-hybridized carbons (Fsp3) is 0.167. The second kappa shape index (κ2) is 5.22. The van der Waals surface area contributed by atoms with E-state index < -0.39 is 5.97 Å². The van der Waals surface area contributed by atoms with Crippen LogP contribution in [-0.2, 0) is 11.2 Å². The lowest BCUT2D eigenvalue weighted by Gasteiger charge is -2.05. The number of aliphatic carboxylic acids is 1. The Morgan fingerprint density at radius 2 is 1.94 bits per heavy atom. The molecule has 0 saturated heterocycles. The van der Waals surface area contributed by atoms with Crippen LogP contribution in [0.25, 0.3) is 5.69 Å². The van der Waals surface area contributed by atoms with Gasteiger partial charge in [0, 0.05) is 24.9 Å². The van der Waals surface area contributed by atoms with Gasteiger partial charge in [-0.3, -0.25) is 14.6 Å². The van der Waals surface area contributed by atoms with Crippen molar-refractivity contribution in [1.82, 2.24) is 14.8 Å². The SMILES string of the molecule is O=C(O)CCc1ccc(=O)n(-c2ccncc2)n1. The van der Waals surface area contributed by atoms with Gasteiger partial charge in [-0.2, -0.15) is 9.78 Å². The molecule has 0 aliphatic rings. The van der Waals surface area contributed by atoms with E-state index in [0.29, 0.717) is 17.8 Å². The summed E-state index contributed by atoms with van der Waals surface area (Å²) in [5, 5.41) is 12.7. The van der Waals surface area contributed by atoms with Crippen molar-refractivity contribution >= 4 is 5.97 Å². The van der Waals surface area contributed by atoms with Gasteiger partial charge in [-0.25, -0.2) is 0 Å². The van der Waals surface area contributed by atoms with Gasteiger partial charge in [-0.05, 0) is 18.2 Å². The minimum Gasteiger partial charge on any atom is -0.481 e. The Morgan fingerprint density at radius 1 is 1.22 bits per heavy atom. The lowest BCUT2D eigenvalue weighted by Crippen LogP contribution is -2.21. The van der Waals surface area contributed by atoms with E-state index in [1.165, 1.54) is 10.7 Å². The standard InChI is InChI=1S/C12H11N3O3/c16-11-3-1-9(2-4-12(17)18)14-15(11)10-5-7-13-8-6-10/h1,3,5-8H,2,4H2,(H,17,18). The summed E-state index contributed by atoms with van der Waals surface area (Å²) < 4.78 is 1.23. The van der Waals surface area contributed by atoms with Crippen LogP contribution in [0.4, 0.5) is 0 Å². The van der Waals surface area contributed by atoms with Crippen LogP contribution < -0.4 is 5.56 Å². The molecule has 0 radical (unpaired) electrons. The third kappa shape index (κ3) is 2.79.